The number of rotatable bonds is 5. The summed E-state index contributed by atoms with van der Waals surface area (Å²) in [4.78, 5) is 13.5. The van der Waals surface area contributed by atoms with Crippen molar-refractivity contribution in [2.45, 2.75) is 36.8 Å². The first-order chi connectivity index (χ1) is 9.95. The van der Waals surface area contributed by atoms with Gasteiger partial charge in [0.2, 0.25) is 10.0 Å². The Balaban J connectivity index is 1.59. The molecule has 1 amide bonds. The second-order valence-corrected chi connectivity index (χ2v) is 7.32. The number of cyclic esters (lactones) is 1. The maximum absolute atomic E-state index is 12.1. The molecule has 1 saturated heterocycles. The van der Waals surface area contributed by atoms with E-state index in [1.165, 1.54) is 0 Å². The lowest BCUT2D eigenvalue weighted by atomic mass is 10.2. The molecule has 1 aliphatic heterocycles. The van der Waals surface area contributed by atoms with Gasteiger partial charge in [-0.2, -0.15) is 0 Å². The number of benzene rings is 1. The van der Waals surface area contributed by atoms with E-state index >= 15 is 0 Å². The van der Waals surface area contributed by atoms with Gasteiger partial charge in [0.15, 0.2) is 0 Å². The van der Waals surface area contributed by atoms with E-state index < -0.39 is 16.1 Å². The van der Waals surface area contributed by atoms with Gasteiger partial charge >= 0.3 is 6.09 Å². The first-order valence-electron chi connectivity index (χ1n) is 6.99. The van der Waals surface area contributed by atoms with Crippen molar-refractivity contribution in [1.82, 2.24) is 9.62 Å². The Labute approximate surface area is 124 Å². The Morgan fingerprint density at radius 2 is 1.95 bits per heavy atom. The molecule has 21 heavy (non-hydrogen) atoms. The molecule has 1 heterocycles. The van der Waals surface area contributed by atoms with E-state index in [0.29, 0.717) is 6.54 Å². The number of hydrogen-bond acceptors (Lipinski definition) is 4. The average Bonchev–Trinajstić information content (AvgIpc) is 3.21. The van der Waals surface area contributed by atoms with E-state index in [-0.39, 0.29) is 23.6 Å². The molecular weight excluding hydrogens is 292 g/mol. The van der Waals surface area contributed by atoms with Crippen molar-refractivity contribution < 1.29 is 17.9 Å². The second kappa shape index (κ2) is 5.31. The quantitative estimate of drug-likeness (QED) is 0.888. The molecule has 0 spiro atoms. The number of aryl methyl sites for hydroxylation is 1. The van der Waals surface area contributed by atoms with Gasteiger partial charge in [0, 0.05) is 12.6 Å². The molecule has 1 aliphatic carbocycles. The van der Waals surface area contributed by atoms with Crippen LogP contribution < -0.4 is 4.72 Å². The molecule has 6 nitrogen and oxygen atoms in total. The van der Waals surface area contributed by atoms with E-state index in [1.54, 1.807) is 29.2 Å². The van der Waals surface area contributed by atoms with Crippen molar-refractivity contribution in [3.63, 3.8) is 0 Å². The van der Waals surface area contributed by atoms with Gasteiger partial charge in [-0.25, -0.2) is 17.9 Å². The largest absolute Gasteiger partial charge is 0.443 e. The zero-order valence-corrected chi connectivity index (χ0v) is 12.6. The summed E-state index contributed by atoms with van der Waals surface area (Å²) in [5, 5.41) is 0. The maximum atomic E-state index is 12.1. The molecule has 0 bridgehead atoms. The number of carbonyl (C=O) groups is 1. The van der Waals surface area contributed by atoms with Crippen molar-refractivity contribution in [2.24, 2.45) is 0 Å². The van der Waals surface area contributed by atoms with Crippen LogP contribution in [0.2, 0.25) is 0 Å². The summed E-state index contributed by atoms with van der Waals surface area (Å²) in [6.07, 6.45) is 1.27. The normalized spacial score (nSPS) is 22.4. The fraction of sp³-hybridized carbons (Fsp3) is 0.500. The summed E-state index contributed by atoms with van der Waals surface area (Å²) in [5.41, 5.74) is 0.999. The van der Waals surface area contributed by atoms with Crippen molar-refractivity contribution in [1.29, 1.82) is 0 Å². The number of hydrogen-bond donors (Lipinski definition) is 1. The van der Waals surface area contributed by atoms with Crippen LogP contribution in [-0.2, 0) is 14.8 Å². The van der Waals surface area contributed by atoms with Crippen LogP contribution in [0.3, 0.4) is 0 Å². The molecule has 2 fully saturated rings. The highest BCUT2D eigenvalue weighted by molar-refractivity contribution is 7.89. The number of carbonyl (C=O) groups excluding carboxylic acids is 1. The Morgan fingerprint density at radius 1 is 1.29 bits per heavy atom. The summed E-state index contributed by atoms with van der Waals surface area (Å²) in [5.74, 6) is 0. The minimum absolute atomic E-state index is 0.102. The molecule has 2 aliphatic rings. The van der Waals surface area contributed by atoms with Gasteiger partial charge in [0.1, 0.15) is 6.10 Å². The first-order valence-corrected chi connectivity index (χ1v) is 8.47. The molecule has 7 heteroatoms. The van der Waals surface area contributed by atoms with Gasteiger partial charge in [0.25, 0.3) is 0 Å². The number of amides is 1. The summed E-state index contributed by atoms with van der Waals surface area (Å²) in [6.45, 7) is 2.46. The van der Waals surface area contributed by atoms with Crippen molar-refractivity contribution >= 4 is 16.1 Å². The fourth-order valence-corrected chi connectivity index (χ4v) is 3.40. The molecule has 3 rings (SSSR count). The Kier molecular flexibility index (Phi) is 3.62. The summed E-state index contributed by atoms with van der Waals surface area (Å²) in [7, 11) is -3.56. The van der Waals surface area contributed by atoms with Crippen LogP contribution in [0.15, 0.2) is 29.2 Å². The second-order valence-electron chi connectivity index (χ2n) is 5.55. The van der Waals surface area contributed by atoms with E-state index in [9.17, 15) is 13.2 Å². The van der Waals surface area contributed by atoms with Crippen LogP contribution in [0.1, 0.15) is 18.4 Å². The highest BCUT2D eigenvalue weighted by Crippen LogP contribution is 2.30. The highest BCUT2D eigenvalue weighted by atomic mass is 32.2. The van der Waals surface area contributed by atoms with Crippen LogP contribution >= 0.6 is 0 Å². The Morgan fingerprint density at radius 3 is 2.57 bits per heavy atom. The fourth-order valence-electron chi connectivity index (χ4n) is 2.34. The maximum Gasteiger partial charge on any atom is 0.410 e. The van der Waals surface area contributed by atoms with Crippen LogP contribution in [-0.4, -0.2) is 44.6 Å². The molecule has 114 valence electrons. The van der Waals surface area contributed by atoms with E-state index in [1.807, 2.05) is 6.92 Å². The Bertz CT molecular complexity index is 637. The van der Waals surface area contributed by atoms with Crippen molar-refractivity contribution in [3.05, 3.63) is 29.8 Å². The van der Waals surface area contributed by atoms with Gasteiger partial charge in [-0.1, -0.05) is 17.7 Å². The van der Waals surface area contributed by atoms with Crippen molar-refractivity contribution in [3.8, 4) is 0 Å². The zero-order chi connectivity index (χ0) is 15.0. The molecule has 1 N–H and O–H groups in total. The van der Waals surface area contributed by atoms with Gasteiger partial charge in [-0.3, -0.25) is 0 Å². The summed E-state index contributed by atoms with van der Waals surface area (Å²) < 4.78 is 32.0. The van der Waals surface area contributed by atoms with Gasteiger partial charge in [-0.05, 0) is 31.9 Å². The molecular formula is C14H18N2O4S. The molecule has 1 unspecified atom stereocenters. The minimum atomic E-state index is -3.56. The smallest absolute Gasteiger partial charge is 0.410 e. The minimum Gasteiger partial charge on any atom is -0.443 e. The highest BCUT2D eigenvalue weighted by Gasteiger charge is 2.41. The standard InChI is InChI=1S/C14H18N2O4S/c1-10-2-6-13(7-3-10)21(18,19)15-8-12-9-16(11-4-5-11)14(17)20-12/h2-3,6-7,11-12,15H,4-5,8-9H2,1H3. The van der Waals surface area contributed by atoms with E-state index in [4.69, 9.17) is 4.74 Å². The van der Waals surface area contributed by atoms with Crippen LogP contribution in [0.4, 0.5) is 4.79 Å². The monoisotopic (exact) mass is 310 g/mol. The number of sulfonamides is 1. The topological polar surface area (TPSA) is 75.7 Å². The SMILES string of the molecule is Cc1ccc(S(=O)(=O)NCC2CN(C3CC3)C(=O)O2)cc1. The van der Waals surface area contributed by atoms with Gasteiger partial charge in [0.05, 0.1) is 11.4 Å². The molecule has 1 aromatic carbocycles. The lowest BCUT2D eigenvalue weighted by Crippen LogP contribution is -2.35. The van der Waals surface area contributed by atoms with E-state index in [2.05, 4.69) is 4.72 Å². The summed E-state index contributed by atoms with van der Waals surface area (Å²) in [6, 6.07) is 6.91. The molecule has 0 aromatic heterocycles. The van der Waals surface area contributed by atoms with Gasteiger partial charge in [-0.15, -0.1) is 0 Å². The van der Waals surface area contributed by atoms with Crippen molar-refractivity contribution in [2.75, 3.05) is 13.1 Å². The zero-order valence-electron chi connectivity index (χ0n) is 11.8. The van der Waals surface area contributed by atoms with Crippen LogP contribution in [0.5, 0.6) is 0 Å². The molecule has 0 radical (unpaired) electrons. The third-order valence-electron chi connectivity index (χ3n) is 3.72. The third-order valence-corrected chi connectivity index (χ3v) is 5.16. The summed E-state index contributed by atoms with van der Waals surface area (Å²) >= 11 is 0. The van der Waals surface area contributed by atoms with Crippen LogP contribution in [0.25, 0.3) is 0 Å². The predicted octanol–water partition coefficient (Wildman–Crippen LogP) is 1.26. The number of nitrogens with zero attached hydrogens (tertiary/aromatic N) is 1. The predicted molar refractivity (Wildman–Crippen MR) is 76.4 cm³/mol. The lowest BCUT2D eigenvalue weighted by Gasteiger charge is -2.12. The molecule has 1 saturated carbocycles. The third kappa shape index (κ3) is 3.19. The number of ether oxygens (including phenoxy) is 1. The Hall–Kier alpha value is -1.60. The lowest BCUT2D eigenvalue weighted by molar-refractivity contribution is 0.133. The van der Waals surface area contributed by atoms with E-state index in [0.717, 1.165) is 18.4 Å². The molecule has 1 atom stereocenters. The average molecular weight is 310 g/mol. The number of nitrogens with one attached hydrogen (secondary N) is 1. The van der Waals surface area contributed by atoms with Gasteiger partial charge < -0.3 is 9.64 Å². The molecule has 1 aromatic rings. The first kappa shape index (κ1) is 14.3. The van der Waals surface area contributed by atoms with Crippen LogP contribution in [0, 0.1) is 6.92 Å².